The number of carbonyl (C=O) groups is 1. The van der Waals surface area contributed by atoms with Gasteiger partial charge in [0.25, 0.3) is 0 Å². The van der Waals surface area contributed by atoms with Crippen molar-refractivity contribution in [3.05, 3.63) is 64.0 Å². The minimum Gasteiger partial charge on any atom is -0.486 e. The van der Waals surface area contributed by atoms with Crippen LogP contribution in [0.5, 0.6) is 5.75 Å². The standard InChI is InChI=1S/C37H52O5/c1-22(2)25-15-17-28(29(18-25)23(3)4)30-19-26-14-16-27(20-32(26)41-33(30)38)40-24(5)37(12,13)42-34(39)31(36(9,10)11)21-35(6,7)8/h14-20,22-24,31H,21H2,1-13H3. The third-order valence-corrected chi connectivity index (χ3v) is 8.16. The van der Waals surface area contributed by atoms with E-state index in [0.717, 1.165) is 22.9 Å². The number of carbonyl (C=O) groups excluding carboxylic acids is 1. The molecule has 5 heteroatoms. The van der Waals surface area contributed by atoms with Crippen LogP contribution in [0.4, 0.5) is 0 Å². The molecule has 3 aromatic rings. The average molecular weight is 577 g/mol. The van der Waals surface area contributed by atoms with Crippen LogP contribution in [0.2, 0.25) is 0 Å². The molecule has 0 aliphatic heterocycles. The second-order valence-electron chi connectivity index (χ2n) is 15.3. The van der Waals surface area contributed by atoms with Crippen molar-refractivity contribution >= 4 is 16.9 Å². The number of hydrogen-bond acceptors (Lipinski definition) is 5. The molecule has 0 saturated heterocycles. The van der Waals surface area contributed by atoms with Crippen molar-refractivity contribution < 1.29 is 18.7 Å². The van der Waals surface area contributed by atoms with Gasteiger partial charge in [-0.3, -0.25) is 4.79 Å². The molecule has 0 saturated carbocycles. The predicted molar refractivity (Wildman–Crippen MR) is 173 cm³/mol. The molecule has 0 N–H and O–H groups in total. The quantitative estimate of drug-likeness (QED) is 0.187. The van der Waals surface area contributed by atoms with Crippen LogP contribution in [0.15, 0.2) is 51.7 Å². The smallest absolute Gasteiger partial charge is 0.344 e. The third-order valence-electron chi connectivity index (χ3n) is 8.16. The minimum atomic E-state index is -0.881. The number of hydrogen-bond donors (Lipinski definition) is 0. The zero-order valence-electron chi connectivity index (χ0n) is 28.1. The fraction of sp³-hybridized carbons (Fsp3) is 0.568. The molecule has 0 spiro atoms. The average Bonchev–Trinajstić information content (AvgIpc) is 2.85. The number of rotatable bonds is 9. The van der Waals surface area contributed by atoms with Crippen molar-refractivity contribution in [3.63, 3.8) is 0 Å². The lowest BCUT2D eigenvalue weighted by molar-refractivity contribution is -0.175. The summed E-state index contributed by atoms with van der Waals surface area (Å²) in [5, 5.41) is 0.813. The Hall–Kier alpha value is -3.08. The highest BCUT2D eigenvalue weighted by atomic mass is 16.6. The fourth-order valence-electron chi connectivity index (χ4n) is 5.13. The molecule has 0 amide bonds. The van der Waals surface area contributed by atoms with Crippen molar-refractivity contribution in [2.75, 3.05) is 0 Å². The van der Waals surface area contributed by atoms with Gasteiger partial charge in [0.2, 0.25) is 0 Å². The van der Waals surface area contributed by atoms with Gasteiger partial charge in [-0.05, 0) is 84.7 Å². The van der Waals surface area contributed by atoms with E-state index in [9.17, 15) is 9.59 Å². The molecule has 42 heavy (non-hydrogen) atoms. The molecule has 1 aromatic heterocycles. The molecule has 2 unspecified atom stereocenters. The Labute approximate surface area is 253 Å². The van der Waals surface area contributed by atoms with Crippen LogP contribution in [-0.2, 0) is 9.53 Å². The van der Waals surface area contributed by atoms with Crippen LogP contribution in [0.25, 0.3) is 22.1 Å². The first-order valence-electron chi connectivity index (χ1n) is 15.3. The van der Waals surface area contributed by atoms with E-state index in [0.29, 0.717) is 22.8 Å². The van der Waals surface area contributed by atoms with Gasteiger partial charge in [-0.2, -0.15) is 0 Å². The van der Waals surface area contributed by atoms with Crippen LogP contribution in [0, 0.1) is 16.7 Å². The van der Waals surface area contributed by atoms with Gasteiger partial charge in [0, 0.05) is 11.5 Å². The number of esters is 1. The normalized spacial score (nSPS) is 14.4. The molecule has 3 rings (SSSR count). The Kier molecular flexibility index (Phi) is 9.76. The molecule has 0 aliphatic carbocycles. The summed E-state index contributed by atoms with van der Waals surface area (Å²) in [4.78, 5) is 26.6. The van der Waals surface area contributed by atoms with Gasteiger partial charge in [0.15, 0.2) is 0 Å². The maximum Gasteiger partial charge on any atom is 0.344 e. The van der Waals surface area contributed by atoms with E-state index in [1.165, 1.54) is 5.56 Å². The van der Waals surface area contributed by atoms with Gasteiger partial charge >= 0.3 is 11.6 Å². The zero-order chi connectivity index (χ0) is 31.8. The van der Waals surface area contributed by atoms with E-state index in [1.807, 2.05) is 45.0 Å². The molecule has 0 radical (unpaired) electrons. The summed E-state index contributed by atoms with van der Waals surface area (Å²) in [7, 11) is 0. The van der Waals surface area contributed by atoms with E-state index >= 15 is 0 Å². The van der Waals surface area contributed by atoms with Gasteiger partial charge in [-0.25, -0.2) is 4.79 Å². The monoisotopic (exact) mass is 576 g/mol. The van der Waals surface area contributed by atoms with Crippen LogP contribution < -0.4 is 10.4 Å². The number of fused-ring (bicyclic) bond motifs is 1. The van der Waals surface area contributed by atoms with E-state index in [2.05, 4.69) is 81.4 Å². The lowest BCUT2D eigenvalue weighted by atomic mass is 9.72. The topological polar surface area (TPSA) is 65.7 Å². The van der Waals surface area contributed by atoms with Gasteiger partial charge < -0.3 is 13.9 Å². The Morgan fingerprint density at radius 2 is 1.45 bits per heavy atom. The van der Waals surface area contributed by atoms with Gasteiger partial charge in [0.05, 0.1) is 11.5 Å². The van der Waals surface area contributed by atoms with E-state index < -0.39 is 11.7 Å². The highest BCUT2D eigenvalue weighted by Crippen LogP contribution is 2.38. The summed E-state index contributed by atoms with van der Waals surface area (Å²) >= 11 is 0. The van der Waals surface area contributed by atoms with Crippen molar-refractivity contribution in [1.82, 2.24) is 0 Å². The van der Waals surface area contributed by atoms with Crippen molar-refractivity contribution in [3.8, 4) is 16.9 Å². The van der Waals surface area contributed by atoms with Crippen LogP contribution >= 0.6 is 0 Å². The first-order chi connectivity index (χ1) is 19.2. The molecular formula is C37H52O5. The second kappa shape index (κ2) is 12.3. The SMILES string of the molecule is CC(C)c1ccc(-c2cc3ccc(OC(C)C(C)(C)OC(=O)C(CC(C)(C)C)C(C)(C)C)cc3oc2=O)c(C(C)C)c1. The Morgan fingerprint density at radius 1 is 0.810 bits per heavy atom. The molecule has 1 heterocycles. The van der Waals surface area contributed by atoms with Gasteiger partial charge in [-0.1, -0.05) is 87.4 Å². The third kappa shape index (κ3) is 8.05. The summed E-state index contributed by atoms with van der Waals surface area (Å²) in [6, 6.07) is 13.7. The van der Waals surface area contributed by atoms with Gasteiger partial charge in [-0.15, -0.1) is 0 Å². The van der Waals surface area contributed by atoms with E-state index in [-0.39, 0.29) is 34.3 Å². The van der Waals surface area contributed by atoms with Crippen molar-refractivity contribution in [2.45, 2.75) is 120 Å². The summed E-state index contributed by atoms with van der Waals surface area (Å²) in [5.74, 6) is 0.752. The summed E-state index contributed by atoms with van der Waals surface area (Å²) in [5.41, 5.74) is 2.79. The molecule has 2 atom stereocenters. The fourth-order valence-corrected chi connectivity index (χ4v) is 5.13. The van der Waals surface area contributed by atoms with E-state index in [4.69, 9.17) is 13.9 Å². The van der Waals surface area contributed by atoms with Crippen LogP contribution in [0.3, 0.4) is 0 Å². The molecule has 0 aliphatic rings. The Balaban J connectivity index is 1.86. The van der Waals surface area contributed by atoms with E-state index in [1.54, 1.807) is 6.07 Å². The highest BCUT2D eigenvalue weighted by Gasteiger charge is 2.40. The molecule has 0 bridgehead atoms. The molecule has 2 aromatic carbocycles. The molecule has 5 nitrogen and oxygen atoms in total. The Morgan fingerprint density at radius 3 is 2.00 bits per heavy atom. The lowest BCUT2D eigenvalue weighted by Gasteiger charge is -2.38. The Bertz CT molecular complexity index is 1460. The number of benzene rings is 2. The van der Waals surface area contributed by atoms with Crippen molar-refractivity contribution in [2.24, 2.45) is 16.7 Å². The van der Waals surface area contributed by atoms with Crippen molar-refractivity contribution in [1.29, 1.82) is 0 Å². The number of ether oxygens (including phenoxy) is 2. The lowest BCUT2D eigenvalue weighted by Crippen LogP contribution is -2.45. The second-order valence-corrected chi connectivity index (χ2v) is 15.3. The molecule has 230 valence electrons. The van der Waals surface area contributed by atoms with Crippen LogP contribution in [-0.4, -0.2) is 17.7 Å². The minimum absolute atomic E-state index is 0.00794. The molecule has 0 fully saturated rings. The zero-order valence-corrected chi connectivity index (χ0v) is 28.1. The summed E-state index contributed by atoms with van der Waals surface area (Å²) < 4.78 is 18.2. The largest absolute Gasteiger partial charge is 0.486 e. The summed E-state index contributed by atoms with van der Waals surface area (Å²) in [6.07, 6.45) is 0.278. The van der Waals surface area contributed by atoms with Crippen LogP contribution in [0.1, 0.15) is 119 Å². The predicted octanol–water partition coefficient (Wildman–Crippen LogP) is 9.89. The highest BCUT2D eigenvalue weighted by molar-refractivity contribution is 5.83. The first kappa shape index (κ1) is 33.4. The maximum absolute atomic E-state index is 13.4. The molecular weight excluding hydrogens is 524 g/mol. The first-order valence-corrected chi connectivity index (χ1v) is 15.3. The van der Waals surface area contributed by atoms with Gasteiger partial charge in [0.1, 0.15) is 23.0 Å². The maximum atomic E-state index is 13.4. The summed E-state index contributed by atoms with van der Waals surface area (Å²) in [6.45, 7) is 26.9.